The zero-order valence-electron chi connectivity index (χ0n) is 10.8. The molecular formula is C10H5F5I2O6S. The molecule has 14 heteroatoms. The van der Waals surface area contributed by atoms with Gasteiger partial charge in [0, 0.05) is 3.57 Å². The number of carbonyl (C=O) groups excluding carboxylic acids is 1. The first-order valence-electron chi connectivity index (χ1n) is 5.40. The lowest BCUT2D eigenvalue weighted by Gasteiger charge is -2.26. The summed E-state index contributed by atoms with van der Waals surface area (Å²) in [7, 11) is -6.54. The molecule has 0 bridgehead atoms. The molecule has 136 valence electrons. The number of phenols is 1. The van der Waals surface area contributed by atoms with Crippen molar-refractivity contribution in [3.05, 3.63) is 24.8 Å². The maximum atomic E-state index is 13.3. The molecule has 0 fully saturated rings. The molecule has 1 rings (SSSR count). The normalized spacial score (nSPS) is 14.3. The van der Waals surface area contributed by atoms with Gasteiger partial charge in [0.25, 0.3) is 6.10 Å². The zero-order chi connectivity index (χ0) is 19.1. The van der Waals surface area contributed by atoms with E-state index in [0.29, 0.717) is 0 Å². The molecule has 6 nitrogen and oxygen atoms in total. The van der Waals surface area contributed by atoms with E-state index in [9.17, 15) is 40.3 Å². The van der Waals surface area contributed by atoms with Gasteiger partial charge >= 0.3 is 27.5 Å². The minimum atomic E-state index is -6.54. The van der Waals surface area contributed by atoms with Gasteiger partial charge in [-0.1, -0.05) is 0 Å². The second-order valence-electron chi connectivity index (χ2n) is 4.12. The van der Waals surface area contributed by atoms with E-state index >= 15 is 0 Å². The van der Waals surface area contributed by atoms with Gasteiger partial charge in [-0.05, 0) is 57.3 Å². The molecule has 2 N–H and O–H groups in total. The standard InChI is InChI=1S/C10H5F5I2O6S/c11-9(12,13)8(10(14,15)24(20,21)22)23-7(19)5-3(16)1-2-4(17)6(5)18/h1-2,8,18H,(H,20,21,22). The summed E-state index contributed by atoms with van der Waals surface area (Å²) in [6, 6.07) is 2.46. The summed E-state index contributed by atoms with van der Waals surface area (Å²) in [5.74, 6) is -2.87. The van der Waals surface area contributed by atoms with E-state index in [-0.39, 0.29) is 7.14 Å². The fraction of sp³-hybridized carbons (Fsp3) is 0.300. The number of alkyl halides is 5. The van der Waals surface area contributed by atoms with E-state index in [1.165, 1.54) is 57.3 Å². The Morgan fingerprint density at radius 3 is 2.00 bits per heavy atom. The molecule has 0 aliphatic carbocycles. The summed E-state index contributed by atoms with van der Waals surface area (Å²) in [5, 5.41) is 3.83. The SMILES string of the molecule is O=C(OC(C(F)(F)F)C(F)(F)S(=O)(=O)O)c1c(I)ccc(I)c1O. The summed E-state index contributed by atoms with van der Waals surface area (Å²) in [5.41, 5.74) is -0.858. The molecule has 1 aromatic carbocycles. The number of ether oxygens (including phenoxy) is 1. The first-order chi connectivity index (χ1) is 10.6. The monoisotopic (exact) mass is 602 g/mol. The van der Waals surface area contributed by atoms with E-state index in [2.05, 4.69) is 4.74 Å². The van der Waals surface area contributed by atoms with E-state index in [1.807, 2.05) is 0 Å². The van der Waals surface area contributed by atoms with Crippen molar-refractivity contribution in [3.8, 4) is 5.75 Å². The second-order valence-corrected chi connectivity index (χ2v) is 7.94. The van der Waals surface area contributed by atoms with Crippen LogP contribution in [0.2, 0.25) is 0 Å². The molecule has 1 atom stereocenters. The molecule has 0 saturated carbocycles. The van der Waals surface area contributed by atoms with Gasteiger partial charge in [-0.25, -0.2) is 4.79 Å². The van der Waals surface area contributed by atoms with Gasteiger partial charge in [0.2, 0.25) is 0 Å². The highest BCUT2D eigenvalue weighted by Crippen LogP contribution is 2.39. The van der Waals surface area contributed by atoms with Crippen LogP contribution < -0.4 is 0 Å². The largest absolute Gasteiger partial charge is 0.506 e. The fourth-order valence-electron chi connectivity index (χ4n) is 1.36. The quantitative estimate of drug-likeness (QED) is 0.238. The van der Waals surface area contributed by atoms with Crippen LogP contribution in [0.15, 0.2) is 12.1 Å². The minimum absolute atomic E-state index is 0.00469. The Hall–Kier alpha value is -0.490. The molecule has 1 unspecified atom stereocenters. The van der Waals surface area contributed by atoms with Crippen LogP contribution >= 0.6 is 45.2 Å². The Bertz CT molecular complexity index is 764. The maximum Gasteiger partial charge on any atom is 0.432 e. The van der Waals surface area contributed by atoms with Crippen molar-refractivity contribution < 1.29 is 49.6 Å². The van der Waals surface area contributed by atoms with Gasteiger partial charge in [-0.2, -0.15) is 30.4 Å². The molecular weight excluding hydrogens is 597 g/mol. The van der Waals surface area contributed by atoms with Crippen molar-refractivity contribution >= 4 is 61.3 Å². The summed E-state index contributed by atoms with van der Waals surface area (Å²) in [6.07, 6.45) is -10.5. The highest BCUT2D eigenvalue weighted by Gasteiger charge is 2.66. The summed E-state index contributed by atoms with van der Waals surface area (Å²) >= 11 is 2.93. The van der Waals surface area contributed by atoms with Gasteiger partial charge in [0.15, 0.2) is 0 Å². The number of esters is 1. The van der Waals surface area contributed by atoms with Gasteiger partial charge < -0.3 is 9.84 Å². The third-order valence-electron chi connectivity index (χ3n) is 2.45. The van der Waals surface area contributed by atoms with Crippen molar-refractivity contribution in [2.45, 2.75) is 17.5 Å². The minimum Gasteiger partial charge on any atom is -0.506 e. The van der Waals surface area contributed by atoms with E-state index in [4.69, 9.17) is 4.55 Å². The number of hydrogen-bond acceptors (Lipinski definition) is 5. The number of carbonyl (C=O) groups is 1. The van der Waals surface area contributed by atoms with Gasteiger partial charge in [0.05, 0.1) is 3.57 Å². The Kier molecular flexibility index (Phi) is 6.31. The van der Waals surface area contributed by atoms with Crippen LogP contribution in [-0.4, -0.2) is 41.6 Å². The fourth-order valence-corrected chi connectivity index (χ4v) is 2.92. The van der Waals surface area contributed by atoms with Crippen LogP contribution in [0.25, 0.3) is 0 Å². The van der Waals surface area contributed by atoms with Crippen molar-refractivity contribution in [2.24, 2.45) is 0 Å². The third-order valence-corrected chi connectivity index (χ3v) is 5.12. The lowest BCUT2D eigenvalue weighted by molar-refractivity contribution is -0.248. The number of phenolic OH excluding ortho intramolecular Hbond substituents is 1. The zero-order valence-corrected chi connectivity index (χ0v) is 15.9. The average Bonchev–Trinajstić information content (AvgIpc) is 2.38. The summed E-state index contributed by atoms with van der Waals surface area (Å²) in [6.45, 7) is 0. The summed E-state index contributed by atoms with van der Waals surface area (Å²) < 4.78 is 97.6. The van der Waals surface area contributed by atoms with Crippen molar-refractivity contribution in [2.75, 3.05) is 0 Å². The second kappa shape index (κ2) is 7.02. The number of rotatable bonds is 4. The number of halogens is 7. The highest BCUT2D eigenvalue weighted by molar-refractivity contribution is 14.1. The molecule has 0 spiro atoms. The molecule has 0 saturated heterocycles. The topological polar surface area (TPSA) is 101 Å². The Balaban J connectivity index is 3.38. The van der Waals surface area contributed by atoms with Crippen LogP contribution in [0.1, 0.15) is 10.4 Å². The van der Waals surface area contributed by atoms with E-state index in [1.54, 1.807) is 0 Å². The van der Waals surface area contributed by atoms with Gasteiger partial charge in [-0.15, -0.1) is 0 Å². The average molecular weight is 602 g/mol. The molecule has 24 heavy (non-hydrogen) atoms. The van der Waals surface area contributed by atoms with Gasteiger partial charge in [0.1, 0.15) is 11.3 Å². The van der Waals surface area contributed by atoms with Crippen LogP contribution in [0.5, 0.6) is 5.75 Å². The molecule has 0 heterocycles. The Morgan fingerprint density at radius 1 is 1.12 bits per heavy atom. The van der Waals surface area contributed by atoms with Crippen molar-refractivity contribution in [1.29, 1.82) is 0 Å². The van der Waals surface area contributed by atoms with E-state index < -0.39 is 44.9 Å². The first kappa shape index (κ1) is 21.6. The van der Waals surface area contributed by atoms with Crippen LogP contribution in [0.3, 0.4) is 0 Å². The predicted molar refractivity (Wildman–Crippen MR) is 85.3 cm³/mol. The first-order valence-corrected chi connectivity index (χ1v) is 9.00. The number of benzene rings is 1. The van der Waals surface area contributed by atoms with Crippen LogP contribution in [0.4, 0.5) is 22.0 Å². The van der Waals surface area contributed by atoms with Crippen molar-refractivity contribution in [1.82, 2.24) is 0 Å². The number of aromatic hydroxyl groups is 1. The molecule has 1 aromatic rings. The lowest BCUT2D eigenvalue weighted by atomic mass is 10.2. The van der Waals surface area contributed by atoms with E-state index in [0.717, 1.165) is 0 Å². The molecule has 0 radical (unpaired) electrons. The Morgan fingerprint density at radius 2 is 1.58 bits per heavy atom. The molecule has 0 amide bonds. The van der Waals surface area contributed by atoms with Crippen molar-refractivity contribution in [3.63, 3.8) is 0 Å². The van der Waals surface area contributed by atoms with Crippen LogP contribution in [-0.2, 0) is 14.9 Å². The maximum absolute atomic E-state index is 13.3. The van der Waals surface area contributed by atoms with Gasteiger partial charge in [-0.3, -0.25) is 4.55 Å². The third kappa shape index (κ3) is 4.37. The smallest absolute Gasteiger partial charge is 0.432 e. The number of hydrogen-bond donors (Lipinski definition) is 2. The molecule has 0 aliphatic rings. The molecule has 0 aromatic heterocycles. The highest BCUT2D eigenvalue weighted by atomic mass is 127. The Labute approximate surface area is 158 Å². The predicted octanol–water partition coefficient (Wildman–Crippen LogP) is 3.17. The van der Waals surface area contributed by atoms with Crippen LogP contribution in [0, 0.1) is 7.14 Å². The summed E-state index contributed by atoms with van der Waals surface area (Å²) in [4.78, 5) is 11.8. The lowest BCUT2D eigenvalue weighted by Crippen LogP contribution is -2.52. The molecule has 0 aliphatic heterocycles.